The van der Waals surface area contributed by atoms with Gasteiger partial charge in [0.05, 0.1) is 11.2 Å². The van der Waals surface area contributed by atoms with Gasteiger partial charge in [-0.25, -0.2) is 0 Å². The van der Waals surface area contributed by atoms with E-state index in [0.29, 0.717) is 0 Å². The van der Waals surface area contributed by atoms with E-state index in [1.54, 1.807) is 0 Å². The molecule has 0 saturated heterocycles. The second kappa shape index (κ2) is 7.60. The Morgan fingerprint density at radius 2 is 1.09 bits per heavy atom. The fourth-order valence-electron chi connectivity index (χ4n) is 5.40. The Bertz CT molecular complexity index is 1660. The SMILES string of the molecule is c1ccc(-c2ccc3c(c2)Cc2cc(-c4cc5ccccc5n4-c4ccccc4)ccc2-3)cc1. The van der Waals surface area contributed by atoms with E-state index in [1.165, 1.54) is 61.2 Å². The van der Waals surface area contributed by atoms with Crippen LogP contribution in [0.3, 0.4) is 0 Å². The molecule has 6 aromatic rings. The number of rotatable bonds is 3. The molecule has 0 atom stereocenters. The van der Waals surface area contributed by atoms with Gasteiger partial charge in [0.2, 0.25) is 0 Å². The standard InChI is InChI=1S/C33H23N/c1-3-9-23(10-4-1)24-15-17-30-27(19-24)21-28-20-26(16-18-31(28)30)33-22-25-11-7-8-14-32(25)34(33)29-12-5-2-6-13-29/h1-20,22H,21H2. The molecule has 160 valence electrons. The molecular weight excluding hydrogens is 410 g/mol. The molecule has 0 saturated carbocycles. The van der Waals surface area contributed by atoms with E-state index < -0.39 is 0 Å². The van der Waals surface area contributed by atoms with Gasteiger partial charge in [-0.2, -0.15) is 0 Å². The van der Waals surface area contributed by atoms with E-state index >= 15 is 0 Å². The lowest BCUT2D eigenvalue weighted by Crippen LogP contribution is -1.96. The zero-order valence-electron chi connectivity index (χ0n) is 18.8. The molecule has 7 rings (SSSR count). The van der Waals surface area contributed by atoms with Crippen molar-refractivity contribution in [2.75, 3.05) is 0 Å². The third-order valence-electron chi connectivity index (χ3n) is 7.01. The topological polar surface area (TPSA) is 4.93 Å². The molecule has 1 heteroatoms. The first-order valence-electron chi connectivity index (χ1n) is 11.8. The summed E-state index contributed by atoms with van der Waals surface area (Å²) in [4.78, 5) is 0. The van der Waals surface area contributed by atoms with E-state index in [1.807, 2.05) is 0 Å². The van der Waals surface area contributed by atoms with Crippen LogP contribution in [0.15, 0.2) is 127 Å². The van der Waals surface area contributed by atoms with Crippen molar-refractivity contribution in [1.82, 2.24) is 4.57 Å². The molecule has 1 aromatic heterocycles. The summed E-state index contributed by atoms with van der Waals surface area (Å²) in [5.41, 5.74) is 13.0. The van der Waals surface area contributed by atoms with Gasteiger partial charge < -0.3 is 4.57 Å². The van der Waals surface area contributed by atoms with Crippen molar-refractivity contribution in [2.24, 2.45) is 0 Å². The van der Waals surface area contributed by atoms with E-state index in [-0.39, 0.29) is 0 Å². The quantitative estimate of drug-likeness (QED) is 0.263. The molecule has 5 aromatic carbocycles. The lowest BCUT2D eigenvalue weighted by Gasteiger charge is -2.12. The molecule has 1 heterocycles. The van der Waals surface area contributed by atoms with Crippen LogP contribution in [0.25, 0.3) is 50.1 Å². The van der Waals surface area contributed by atoms with Crippen molar-refractivity contribution >= 4 is 10.9 Å². The first kappa shape index (κ1) is 19.1. The minimum atomic E-state index is 0.977. The predicted octanol–water partition coefficient (Wildman–Crippen LogP) is 8.54. The minimum absolute atomic E-state index is 0.977. The Morgan fingerprint density at radius 1 is 0.471 bits per heavy atom. The van der Waals surface area contributed by atoms with Crippen LogP contribution in [-0.2, 0) is 6.42 Å². The Balaban J connectivity index is 1.34. The van der Waals surface area contributed by atoms with Gasteiger partial charge in [-0.05, 0) is 75.7 Å². The summed E-state index contributed by atoms with van der Waals surface area (Å²) in [5, 5.41) is 1.26. The number of hydrogen-bond donors (Lipinski definition) is 0. The number of benzene rings is 5. The molecule has 0 fully saturated rings. The summed E-state index contributed by atoms with van der Waals surface area (Å²) in [6.07, 6.45) is 0.977. The number of nitrogens with zero attached hydrogens (tertiary/aromatic N) is 1. The molecule has 0 spiro atoms. The Morgan fingerprint density at radius 3 is 1.85 bits per heavy atom. The lowest BCUT2D eigenvalue weighted by molar-refractivity contribution is 1.13. The Labute approximate surface area is 199 Å². The smallest absolute Gasteiger partial charge is 0.0541 e. The first-order valence-corrected chi connectivity index (χ1v) is 11.8. The van der Waals surface area contributed by atoms with Crippen molar-refractivity contribution in [1.29, 1.82) is 0 Å². The van der Waals surface area contributed by atoms with E-state index in [9.17, 15) is 0 Å². The monoisotopic (exact) mass is 433 g/mol. The average molecular weight is 434 g/mol. The zero-order chi connectivity index (χ0) is 22.5. The molecule has 1 nitrogen and oxygen atoms in total. The van der Waals surface area contributed by atoms with Crippen LogP contribution in [0.5, 0.6) is 0 Å². The van der Waals surface area contributed by atoms with Crippen LogP contribution in [0.1, 0.15) is 11.1 Å². The maximum absolute atomic E-state index is 2.39. The molecule has 0 N–H and O–H groups in total. The minimum Gasteiger partial charge on any atom is -0.309 e. The van der Waals surface area contributed by atoms with Crippen molar-refractivity contribution in [2.45, 2.75) is 6.42 Å². The van der Waals surface area contributed by atoms with Gasteiger partial charge in [-0.1, -0.05) is 97.1 Å². The molecular formula is C33H23N. The third-order valence-corrected chi connectivity index (χ3v) is 7.01. The highest BCUT2D eigenvalue weighted by molar-refractivity contribution is 5.90. The number of hydrogen-bond acceptors (Lipinski definition) is 0. The normalized spacial score (nSPS) is 12.0. The third kappa shape index (κ3) is 3.02. The Hall–Kier alpha value is -4.36. The predicted molar refractivity (Wildman–Crippen MR) is 142 cm³/mol. The van der Waals surface area contributed by atoms with Crippen LogP contribution < -0.4 is 0 Å². The molecule has 0 aliphatic heterocycles. The number of para-hydroxylation sites is 2. The maximum Gasteiger partial charge on any atom is 0.0541 e. The maximum atomic E-state index is 2.39. The van der Waals surface area contributed by atoms with Crippen LogP contribution >= 0.6 is 0 Å². The zero-order valence-corrected chi connectivity index (χ0v) is 18.8. The molecule has 0 unspecified atom stereocenters. The van der Waals surface area contributed by atoms with Gasteiger partial charge in [-0.3, -0.25) is 0 Å². The summed E-state index contributed by atoms with van der Waals surface area (Å²) in [6, 6.07) is 46.2. The Kier molecular flexibility index (Phi) is 4.28. The van der Waals surface area contributed by atoms with Gasteiger partial charge in [0.25, 0.3) is 0 Å². The molecule has 1 aliphatic rings. The molecule has 0 amide bonds. The van der Waals surface area contributed by atoms with E-state index in [0.717, 1.165) is 6.42 Å². The molecule has 34 heavy (non-hydrogen) atoms. The van der Waals surface area contributed by atoms with Crippen LogP contribution in [0, 0.1) is 0 Å². The van der Waals surface area contributed by atoms with Crippen LogP contribution in [0.4, 0.5) is 0 Å². The second-order valence-corrected chi connectivity index (χ2v) is 9.05. The van der Waals surface area contributed by atoms with Crippen molar-refractivity contribution in [3.63, 3.8) is 0 Å². The molecule has 0 bridgehead atoms. The van der Waals surface area contributed by atoms with Gasteiger partial charge in [0.15, 0.2) is 0 Å². The lowest BCUT2D eigenvalue weighted by atomic mass is 9.99. The summed E-state index contributed by atoms with van der Waals surface area (Å²) in [7, 11) is 0. The van der Waals surface area contributed by atoms with Crippen molar-refractivity contribution in [3.8, 4) is 39.2 Å². The highest BCUT2D eigenvalue weighted by Gasteiger charge is 2.21. The summed E-state index contributed by atoms with van der Waals surface area (Å²) in [6.45, 7) is 0. The fraction of sp³-hybridized carbons (Fsp3) is 0.0303. The van der Waals surface area contributed by atoms with Gasteiger partial charge >= 0.3 is 0 Å². The van der Waals surface area contributed by atoms with Crippen LogP contribution in [0.2, 0.25) is 0 Å². The number of fused-ring (bicyclic) bond motifs is 4. The van der Waals surface area contributed by atoms with Gasteiger partial charge in [-0.15, -0.1) is 0 Å². The second-order valence-electron chi connectivity index (χ2n) is 9.05. The summed E-state index contributed by atoms with van der Waals surface area (Å²) in [5.74, 6) is 0. The molecule has 0 radical (unpaired) electrons. The summed E-state index contributed by atoms with van der Waals surface area (Å²) >= 11 is 0. The van der Waals surface area contributed by atoms with E-state index in [2.05, 4.69) is 132 Å². The highest BCUT2D eigenvalue weighted by Crippen LogP contribution is 2.41. The van der Waals surface area contributed by atoms with Crippen LogP contribution in [-0.4, -0.2) is 4.57 Å². The number of aromatic nitrogens is 1. The fourth-order valence-corrected chi connectivity index (χ4v) is 5.40. The van der Waals surface area contributed by atoms with Gasteiger partial charge in [0.1, 0.15) is 0 Å². The van der Waals surface area contributed by atoms with E-state index in [4.69, 9.17) is 0 Å². The summed E-state index contributed by atoms with van der Waals surface area (Å²) < 4.78 is 2.38. The average Bonchev–Trinajstić information content (AvgIpc) is 3.47. The largest absolute Gasteiger partial charge is 0.309 e. The van der Waals surface area contributed by atoms with Gasteiger partial charge in [0, 0.05) is 11.1 Å². The molecule has 1 aliphatic carbocycles. The first-order chi connectivity index (χ1) is 16.8. The highest BCUT2D eigenvalue weighted by atomic mass is 15.0. The van der Waals surface area contributed by atoms with Crippen molar-refractivity contribution in [3.05, 3.63) is 139 Å². The van der Waals surface area contributed by atoms with Crippen molar-refractivity contribution < 1.29 is 0 Å².